The van der Waals surface area contributed by atoms with Crippen molar-refractivity contribution >= 4 is 5.82 Å². The lowest BCUT2D eigenvalue weighted by atomic mass is 10.1. The van der Waals surface area contributed by atoms with Gasteiger partial charge in [0.25, 0.3) is 0 Å². The SMILES string of the molecule is Nc1nc(=O)n([C@@H]2O[C@H]([CH]O)[C@@H](O)[C@H]2O)cc1F. The van der Waals surface area contributed by atoms with Gasteiger partial charge in [-0.15, -0.1) is 0 Å². The summed E-state index contributed by atoms with van der Waals surface area (Å²) in [7, 11) is 0. The summed E-state index contributed by atoms with van der Waals surface area (Å²) in [5.74, 6) is -1.54. The van der Waals surface area contributed by atoms with Gasteiger partial charge in [0.2, 0.25) is 0 Å². The minimum absolute atomic E-state index is 0.528. The zero-order valence-electron chi connectivity index (χ0n) is 8.97. The average molecular weight is 260 g/mol. The van der Waals surface area contributed by atoms with Gasteiger partial charge in [-0.2, -0.15) is 4.98 Å². The van der Waals surface area contributed by atoms with Crippen molar-refractivity contribution in [3.8, 4) is 0 Å². The standard InChI is InChI=1S/C9H11FN3O5/c10-3-1-13(9(17)12-7(3)11)8-6(16)5(15)4(2-14)18-8/h1-2,4-6,8,14-16H,(H2,11,12,17)/t4-,5-,6-,8-/m1/s1. The first kappa shape index (κ1) is 12.9. The van der Waals surface area contributed by atoms with E-state index in [0.717, 1.165) is 0 Å². The molecule has 0 aromatic carbocycles. The quantitative estimate of drug-likeness (QED) is 0.489. The molecule has 1 aliphatic rings. The number of anilines is 1. The van der Waals surface area contributed by atoms with Crippen LogP contribution in [-0.4, -0.2) is 43.2 Å². The second kappa shape index (κ2) is 4.61. The molecule has 2 rings (SSSR count). The zero-order chi connectivity index (χ0) is 13.4. The Morgan fingerprint density at radius 2 is 2.17 bits per heavy atom. The van der Waals surface area contributed by atoms with Gasteiger partial charge in [-0.05, 0) is 0 Å². The van der Waals surface area contributed by atoms with Gasteiger partial charge < -0.3 is 25.8 Å². The number of nitrogens with two attached hydrogens (primary N) is 1. The van der Waals surface area contributed by atoms with Crippen LogP contribution in [0.1, 0.15) is 6.23 Å². The van der Waals surface area contributed by atoms with Gasteiger partial charge >= 0.3 is 5.69 Å². The van der Waals surface area contributed by atoms with Gasteiger partial charge in [0.1, 0.15) is 24.9 Å². The topological polar surface area (TPSA) is 131 Å². The molecule has 1 radical (unpaired) electrons. The molecule has 1 aromatic heterocycles. The van der Waals surface area contributed by atoms with Crippen LogP contribution in [-0.2, 0) is 4.74 Å². The summed E-state index contributed by atoms with van der Waals surface area (Å²) in [6, 6.07) is 0. The lowest BCUT2D eigenvalue weighted by molar-refractivity contribution is -0.0413. The molecule has 1 saturated heterocycles. The fourth-order valence-corrected chi connectivity index (χ4v) is 1.68. The van der Waals surface area contributed by atoms with E-state index in [2.05, 4.69) is 4.98 Å². The Kier molecular flexibility index (Phi) is 3.30. The van der Waals surface area contributed by atoms with E-state index in [1.165, 1.54) is 0 Å². The van der Waals surface area contributed by atoms with Crippen LogP contribution in [0.3, 0.4) is 0 Å². The zero-order valence-corrected chi connectivity index (χ0v) is 8.97. The van der Waals surface area contributed by atoms with Crippen LogP contribution in [0.5, 0.6) is 0 Å². The summed E-state index contributed by atoms with van der Waals surface area (Å²) in [4.78, 5) is 14.7. The molecule has 18 heavy (non-hydrogen) atoms. The van der Waals surface area contributed by atoms with Crippen molar-refractivity contribution in [2.24, 2.45) is 0 Å². The van der Waals surface area contributed by atoms with E-state index in [0.29, 0.717) is 17.4 Å². The first-order chi connectivity index (χ1) is 8.45. The van der Waals surface area contributed by atoms with Gasteiger partial charge in [0.05, 0.1) is 6.20 Å². The van der Waals surface area contributed by atoms with E-state index in [9.17, 15) is 19.4 Å². The molecule has 4 atom stereocenters. The maximum atomic E-state index is 13.2. The largest absolute Gasteiger partial charge is 0.387 e. The summed E-state index contributed by atoms with van der Waals surface area (Å²) in [5, 5.41) is 27.9. The molecule has 1 aromatic rings. The number of aliphatic hydroxyl groups excluding tert-OH is 3. The molecule has 1 aliphatic heterocycles. The Hall–Kier alpha value is -1.55. The van der Waals surface area contributed by atoms with Crippen molar-refractivity contribution in [2.75, 3.05) is 5.73 Å². The summed E-state index contributed by atoms with van der Waals surface area (Å²) >= 11 is 0. The van der Waals surface area contributed by atoms with Gasteiger partial charge in [-0.3, -0.25) is 4.57 Å². The van der Waals surface area contributed by atoms with E-state index in [1.54, 1.807) is 0 Å². The molecule has 99 valence electrons. The highest BCUT2D eigenvalue weighted by Gasteiger charge is 2.44. The number of rotatable bonds is 2. The lowest BCUT2D eigenvalue weighted by Crippen LogP contribution is -2.36. The van der Waals surface area contributed by atoms with Crippen molar-refractivity contribution in [3.63, 3.8) is 0 Å². The lowest BCUT2D eigenvalue weighted by Gasteiger charge is -2.17. The normalized spacial score (nSPS) is 31.8. The minimum Gasteiger partial charge on any atom is -0.387 e. The minimum atomic E-state index is -1.51. The Balaban J connectivity index is 2.39. The molecule has 5 N–H and O–H groups in total. The molecule has 0 spiro atoms. The molecule has 0 unspecified atom stereocenters. The number of aliphatic hydroxyl groups is 3. The van der Waals surface area contributed by atoms with E-state index in [1.807, 2.05) is 0 Å². The van der Waals surface area contributed by atoms with E-state index in [4.69, 9.17) is 15.6 Å². The average Bonchev–Trinajstić information content (AvgIpc) is 2.61. The van der Waals surface area contributed by atoms with Crippen LogP contribution in [0, 0.1) is 12.4 Å². The molecule has 0 aliphatic carbocycles. The van der Waals surface area contributed by atoms with Crippen LogP contribution in [0.15, 0.2) is 11.0 Å². The molecule has 1 fully saturated rings. The Bertz CT molecular complexity index is 507. The number of halogens is 1. The van der Waals surface area contributed by atoms with Crippen molar-refractivity contribution in [1.29, 1.82) is 0 Å². The van der Waals surface area contributed by atoms with Crippen LogP contribution >= 0.6 is 0 Å². The molecule has 0 bridgehead atoms. The van der Waals surface area contributed by atoms with Gasteiger partial charge in [0.15, 0.2) is 17.9 Å². The highest BCUT2D eigenvalue weighted by Crippen LogP contribution is 2.29. The monoisotopic (exact) mass is 260 g/mol. The summed E-state index contributed by atoms with van der Waals surface area (Å²) in [6.07, 6.45) is -4.78. The molecule has 9 heteroatoms. The number of aromatic nitrogens is 2. The Morgan fingerprint density at radius 3 is 2.72 bits per heavy atom. The Morgan fingerprint density at radius 1 is 1.50 bits per heavy atom. The summed E-state index contributed by atoms with van der Waals surface area (Å²) < 4.78 is 18.9. The molecular formula is C9H11FN3O5. The van der Waals surface area contributed by atoms with Crippen LogP contribution in [0.2, 0.25) is 0 Å². The van der Waals surface area contributed by atoms with Crippen molar-refractivity contribution < 1.29 is 24.4 Å². The van der Waals surface area contributed by atoms with Gasteiger partial charge in [-0.1, -0.05) is 0 Å². The number of hydrogen-bond acceptors (Lipinski definition) is 7. The molecule has 0 amide bonds. The highest BCUT2D eigenvalue weighted by molar-refractivity contribution is 5.26. The third kappa shape index (κ3) is 1.97. The molecule has 0 saturated carbocycles. The maximum Gasteiger partial charge on any atom is 0.351 e. The second-order valence-electron chi connectivity index (χ2n) is 3.79. The first-order valence-corrected chi connectivity index (χ1v) is 4.99. The smallest absolute Gasteiger partial charge is 0.351 e. The first-order valence-electron chi connectivity index (χ1n) is 4.99. The predicted octanol–water partition coefficient (Wildman–Crippen LogP) is -1.88. The summed E-state index contributed by atoms with van der Waals surface area (Å²) in [5.41, 5.74) is 4.16. The molecular weight excluding hydrogens is 249 g/mol. The highest BCUT2D eigenvalue weighted by atomic mass is 19.1. The third-order valence-electron chi connectivity index (χ3n) is 2.63. The molecule has 2 heterocycles. The second-order valence-corrected chi connectivity index (χ2v) is 3.79. The number of ether oxygens (including phenoxy) is 1. The van der Waals surface area contributed by atoms with Crippen LogP contribution in [0.4, 0.5) is 10.2 Å². The predicted molar refractivity (Wildman–Crippen MR) is 55.0 cm³/mol. The van der Waals surface area contributed by atoms with E-state index < -0.39 is 41.9 Å². The van der Waals surface area contributed by atoms with E-state index in [-0.39, 0.29) is 0 Å². The maximum absolute atomic E-state index is 13.2. The number of hydrogen-bond donors (Lipinski definition) is 4. The molecule has 8 nitrogen and oxygen atoms in total. The van der Waals surface area contributed by atoms with Gasteiger partial charge in [-0.25, -0.2) is 9.18 Å². The van der Waals surface area contributed by atoms with Gasteiger partial charge in [0, 0.05) is 0 Å². The van der Waals surface area contributed by atoms with Crippen molar-refractivity contribution in [3.05, 3.63) is 29.1 Å². The van der Waals surface area contributed by atoms with Crippen molar-refractivity contribution in [1.82, 2.24) is 9.55 Å². The fourth-order valence-electron chi connectivity index (χ4n) is 1.68. The third-order valence-corrected chi connectivity index (χ3v) is 2.63. The summed E-state index contributed by atoms with van der Waals surface area (Å²) in [6.45, 7) is 0.528. The Labute approximate surface area is 100 Å². The van der Waals surface area contributed by atoms with Crippen LogP contribution in [0.25, 0.3) is 0 Å². The van der Waals surface area contributed by atoms with E-state index >= 15 is 0 Å². The number of nitrogens with zero attached hydrogens (tertiary/aromatic N) is 2. The van der Waals surface area contributed by atoms with Crippen molar-refractivity contribution in [2.45, 2.75) is 24.5 Å². The number of nitrogen functional groups attached to an aromatic ring is 1. The van der Waals surface area contributed by atoms with Crippen LogP contribution < -0.4 is 11.4 Å². The fraction of sp³-hybridized carbons (Fsp3) is 0.444.